The molecular weight excluding hydrogens is 375 g/mol. The number of hydrogen-bond acceptors (Lipinski definition) is 5. The van der Waals surface area contributed by atoms with Gasteiger partial charge in [0.05, 0.1) is 0 Å². The summed E-state index contributed by atoms with van der Waals surface area (Å²) >= 11 is 0. The van der Waals surface area contributed by atoms with Crippen LogP contribution in [0.2, 0.25) is 0 Å². The Labute approximate surface area is 149 Å². The van der Waals surface area contributed by atoms with Gasteiger partial charge in [-0.05, 0) is 6.07 Å². The lowest BCUT2D eigenvalue weighted by atomic mass is 10.2. The summed E-state index contributed by atoms with van der Waals surface area (Å²) in [4.78, 5) is 12.6. The Hall–Kier alpha value is -1.63. The molecular formula is C14H22F3N5O3S. The first-order valence-corrected chi connectivity index (χ1v) is 9.44. The third-order valence-corrected chi connectivity index (χ3v) is 5.58. The van der Waals surface area contributed by atoms with Crippen molar-refractivity contribution in [3.05, 3.63) is 18.0 Å². The fourth-order valence-corrected chi connectivity index (χ4v) is 3.86. The van der Waals surface area contributed by atoms with E-state index in [1.54, 1.807) is 0 Å². The summed E-state index contributed by atoms with van der Waals surface area (Å²) in [5.74, 6) is -0.497. The van der Waals surface area contributed by atoms with Gasteiger partial charge in [0.25, 0.3) is 5.91 Å². The monoisotopic (exact) mass is 397 g/mol. The van der Waals surface area contributed by atoms with Gasteiger partial charge in [-0.3, -0.25) is 9.69 Å². The minimum Gasteiger partial charge on any atom is -0.354 e. The maximum atomic E-state index is 13.3. The third kappa shape index (κ3) is 4.75. The van der Waals surface area contributed by atoms with Gasteiger partial charge in [0.2, 0.25) is 10.0 Å². The zero-order chi connectivity index (χ0) is 19.5. The van der Waals surface area contributed by atoms with E-state index < -0.39 is 34.7 Å². The smallest absolute Gasteiger partial charge is 0.354 e. The Balaban J connectivity index is 2.15. The number of rotatable bonds is 6. The first-order valence-electron chi connectivity index (χ1n) is 7.96. The summed E-state index contributed by atoms with van der Waals surface area (Å²) in [6.45, 7) is 0.382. The van der Waals surface area contributed by atoms with Gasteiger partial charge in [-0.25, -0.2) is 13.1 Å². The molecule has 8 nitrogen and oxygen atoms in total. The summed E-state index contributed by atoms with van der Waals surface area (Å²) in [6, 6.07) is -0.796. The number of piperazine rings is 1. The molecule has 1 amide bonds. The lowest BCUT2D eigenvalue weighted by Crippen LogP contribution is -2.57. The molecule has 26 heavy (non-hydrogen) atoms. The number of aryl methyl sites for hydroxylation is 1. The number of halogens is 3. The molecule has 1 fully saturated rings. The van der Waals surface area contributed by atoms with Gasteiger partial charge in [-0.2, -0.15) is 13.2 Å². The average molecular weight is 397 g/mol. The van der Waals surface area contributed by atoms with Gasteiger partial charge in [-0.15, -0.1) is 0 Å². The Morgan fingerprint density at radius 2 is 1.96 bits per heavy atom. The van der Waals surface area contributed by atoms with Crippen LogP contribution < -0.4 is 15.4 Å². The molecule has 1 aliphatic heterocycles. The molecule has 1 aliphatic rings. The highest BCUT2D eigenvalue weighted by Crippen LogP contribution is 2.25. The van der Waals surface area contributed by atoms with Crippen molar-refractivity contribution < 1.29 is 26.4 Å². The fraction of sp³-hybridized carbons (Fsp3) is 0.643. The van der Waals surface area contributed by atoms with Crippen LogP contribution in [0.15, 0.2) is 17.2 Å². The van der Waals surface area contributed by atoms with Crippen molar-refractivity contribution in [1.82, 2.24) is 24.8 Å². The number of hydrogen-bond donors (Lipinski definition) is 3. The van der Waals surface area contributed by atoms with Gasteiger partial charge in [-0.1, -0.05) is 0 Å². The maximum Gasteiger partial charge on any atom is 0.405 e. The van der Waals surface area contributed by atoms with E-state index >= 15 is 0 Å². The molecule has 0 aliphatic carbocycles. The zero-order valence-electron chi connectivity index (χ0n) is 14.4. The predicted molar refractivity (Wildman–Crippen MR) is 88.3 cm³/mol. The second-order valence-electron chi connectivity index (χ2n) is 5.95. The van der Waals surface area contributed by atoms with Crippen LogP contribution >= 0.6 is 0 Å². The maximum absolute atomic E-state index is 13.3. The number of carbonyl (C=O) groups excluding carboxylic acids is 1. The van der Waals surface area contributed by atoms with E-state index in [0.29, 0.717) is 13.1 Å². The number of nitrogens with zero attached hydrogens (tertiary/aromatic N) is 2. The van der Waals surface area contributed by atoms with Crippen molar-refractivity contribution in [2.75, 3.05) is 39.8 Å². The normalized spacial score (nSPS) is 17.9. The van der Waals surface area contributed by atoms with Crippen molar-refractivity contribution in [3.8, 4) is 0 Å². The van der Waals surface area contributed by atoms with Gasteiger partial charge in [0, 0.05) is 53.0 Å². The van der Waals surface area contributed by atoms with Crippen molar-refractivity contribution in [2.24, 2.45) is 7.05 Å². The molecule has 0 aromatic carbocycles. The highest BCUT2D eigenvalue weighted by atomic mass is 32.2. The summed E-state index contributed by atoms with van der Waals surface area (Å²) in [7, 11) is -1.32. The van der Waals surface area contributed by atoms with E-state index in [4.69, 9.17) is 0 Å². The van der Waals surface area contributed by atoms with E-state index in [-0.39, 0.29) is 23.7 Å². The van der Waals surface area contributed by atoms with Crippen molar-refractivity contribution >= 4 is 15.9 Å². The Kier molecular flexibility index (Phi) is 6.32. The molecule has 1 aromatic rings. The number of nitrogens with one attached hydrogen (secondary N) is 3. The molecule has 0 saturated carbocycles. The number of carbonyl (C=O) groups is 1. The molecule has 2 rings (SSSR count). The topological polar surface area (TPSA) is 95.5 Å². The molecule has 12 heteroatoms. The molecule has 1 aromatic heterocycles. The highest BCUT2D eigenvalue weighted by molar-refractivity contribution is 7.89. The number of sulfonamides is 1. The molecule has 0 spiro atoms. The lowest BCUT2D eigenvalue weighted by Gasteiger charge is -2.35. The van der Waals surface area contributed by atoms with Crippen LogP contribution in [0.4, 0.5) is 13.2 Å². The van der Waals surface area contributed by atoms with Crippen LogP contribution in [0, 0.1) is 0 Å². The van der Waals surface area contributed by atoms with Crippen molar-refractivity contribution in [2.45, 2.75) is 17.1 Å². The van der Waals surface area contributed by atoms with Gasteiger partial charge >= 0.3 is 6.18 Å². The quantitative estimate of drug-likeness (QED) is 0.602. The van der Waals surface area contributed by atoms with Crippen molar-refractivity contribution in [1.29, 1.82) is 0 Å². The zero-order valence-corrected chi connectivity index (χ0v) is 15.2. The molecule has 148 valence electrons. The summed E-state index contributed by atoms with van der Waals surface area (Å²) in [5, 5.41) is 5.32. The van der Waals surface area contributed by atoms with Gasteiger partial charge in [0.1, 0.15) is 16.6 Å². The van der Waals surface area contributed by atoms with Crippen LogP contribution in [0.5, 0.6) is 0 Å². The molecule has 0 bridgehead atoms. The highest BCUT2D eigenvalue weighted by Gasteiger charge is 2.44. The SMILES string of the molecule is CNC(=O)c1cc(S(=O)(=O)NCC(N2CCNCC2)C(F)(F)F)cn1C. The summed E-state index contributed by atoms with van der Waals surface area (Å²) in [5.41, 5.74) is 0.0855. The molecule has 1 atom stereocenters. The van der Waals surface area contributed by atoms with Crippen molar-refractivity contribution in [3.63, 3.8) is 0 Å². The molecule has 2 heterocycles. The summed E-state index contributed by atoms with van der Waals surface area (Å²) in [6.07, 6.45) is -3.38. The number of alkyl halides is 3. The predicted octanol–water partition coefficient (Wildman–Crippen LogP) is -0.501. The number of amides is 1. The van der Waals surface area contributed by atoms with E-state index in [0.717, 1.165) is 6.07 Å². The first kappa shape index (κ1) is 20.7. The van der Waals surface area contributed by atoms with E-state index in [1.807, 2.05) is 4.72 Å². The van der Waals surface area contributed by atoms with Crippen LogP contribution in [0.1, 0.15) is 10.5 Å². The lowest BCUT2D eigenvalue weighted by molar-refractivity contribution is -0.182. The van der Waals surface area contributed by atoms with Gasteiger partial charge in [0.15, 0.2) is 0 Å². The van der Waals surface area contributed by atoms with Crippen LogP contribution in [0.3, 0.4) is 0 Å². The molecule has 3 N–H and O–H groups in total. The van der Waals surface area contributed by atoms with E-state index in [9.17, 15) is 26.4 Å². The fourth-order valence-electron chi connectivity index (χ4n) is 2.75. The second-order valence-corrected chi connectivity index (χ2v) is 7.71. The van der Waals surface area contributed by atoms with E-state index in [1.165, 1.54) is 29.8 Å². The number of aromatic nitrogens is 1. The Bertz CT molecular complexity index is 741. The first-order chi connectivity index (χ1) is 12.1. The van der Waals surface area contributed by atoms with Gasteiger partial charge < -0.3 is 15.2 Å². The largest absolute Gasteiger partial charge is 0.405 e. The minimum absolute atomic E-state index is 0.0855. The van der Waals surface area contributed by atoms with Crippen LogP contribution in [-0.4, -0.2) is 75.8 Å². The van der Waals surface area contributed by atoms with Crippen LogP contribution in [0.25, 0.3) is 0 Å². The average Bonchev–Trinajstić information content (AvgIpc) is 2.96. The standard InChI is InChI=1S/C14H22F3N5O3S/c1-18-13(23)11-7-10(9-21(11)2)26(24,25)20-8-12(14(15,16)17)22-5-3-19-4-6-22/h7,9,12,19-20H,3-6,8H2,1-2H3,(H,18,23). The Morgan fingerprint density at radius 3 is 2.50 bits per heavy atom. The molecule has 1 saturated heterocycles. The third-order valence-electron chi connectivity index (χ3n) is 4.19. The minimum atomic E-state index is -4.57. The molecule has 1 unspecified atom stereocenters. The Morgan fingerprint density at radius 1 is 1.35 bits per heavy atom. The van der Waals surface area contributed by atoms with E-state index in [2.05, 4.69) is 10.6 Å². The summed E-state index contributed by atoms with van der Waals surface area (Å²) < 4.78 is 68.1. The van der Waals surface area contributed by atoms with Crippen LogP contribution in [-0.2, 0) is 17.1 Å². The second kappa shape index (κ2) is 7.94. The molecule has 0 radical (unpaired) electrons.